The van der Waals surface area contributed by atoms with E-state index in [-0.39, 0.29) is 0 Å². The molecular formula is C6H15N3. The van der Waals surface area contributed by atoms with Gasteiger partial charge >= 0.3 is 0 Å². The summed E-state index contributed by atoms with van der Waals surface area (Å²) in [6.45, 7) is 7.22. The third-order valence-electron chi connectivity index (χ3n) is 0.895. The summed E-state index contributed by atoms with van der Waals surface area (Å²) in [4.78, 5) is 0. The first-order valence-electron chi connectivity index (χ1n) is 3.14. The van der Waals surface area contributed by atoms with Crippen LogP contribution in [0.25, 0.3) is 0 Å². The molecule has 4 N–H and O–H groups in total. The second kappa shape index (κ2) is 7.62. The van der Waals surface area contributed by atoms with E-state index in [0.29, 0.717) is 6.54 Å². The Hall–Kier alpha value is -0.380. The van der Waals surface area contributed by atoms with Gasteiger partial charge in [-0.3, -0.25) is 0 Å². The Balaban J connectivity index is 0.000000148. The third kappa shape index (κ3) is 7.62. The van der Waals surface area contributed by atoms with Gasteiger partial charge in [0.2, 0.25) is 0 Å². The molecule has 0 amide bonds. The van der Waals surface area contributed by atoms with E-state index in [2.05, 4.69) is 17.2 Å². The van der Waals surface area contributed by atoms with Gasteiger partial charge in [-0.15, -0.1) is 6.58 Å². The molecule has 3 heteroatoms. The van der Waals surface area contributed by atoms with Gasteiger partial charge in [0.05, 0.1) is 0 Å². The van der Waals surface area contributed by atoms with Crippen LogP contribution in [0.2, 0.25) is 0 Å². The summed E-state index contributed by atoms with van der Waals surface area (Å²) in [7, 11) is 0. The molecule has 1 aliphatic heterocycles. The molecule has 0 atom stereocenters. The average molecular weight is 129 g/mol. The van der Waals surface area contributed by atoms with Crippen molar-refractivity contribution in [3.8, 4) is 0 Å². The molecule has 0 unspecified atom stereocenters. The molecule has 1 heterocycles. The number of rotatable bonds is 1. The number of hydrogen-bond acceptors (Lipinski definition) is 3. The van der Waals surface area contributed by atoms with Crippen LogP contribution < -0.4 is 16.4 Å². The summed E-state index contributed by atoms with van der Waals surface area (Å²) in [6.07, 6.45) is 1.65. The molecule has 1 rings (SSSR count). The molecule has 1 aliphatic rings. The van der Waals surface area contributed by atoms with E-state index in [9.17, 15) is 0 Å². The normalized spacial score (nSPS) is 16.1. The minimum absolute atomic E-state index is 0.583. The van der Waals surface area contributed by atoms with Crippen molar-refractivity contribution in [1.82, 2.24) is 10.6 Å². The summed E-state index contributed by atoms with van der Waals surface area (Å²) < 4.78 is 0. The maximum atomic E-state index is 4.91. The van der Waals surface area contributed by atoms with Gasteiger partial charge in [-0.1, -0.05) is 6.08 Å². The number of nitrogens with two attached hydrogens (primary N) is 1. The minimum Gasteiger partial charge on any atom is -0.327 e. The molecule has 0 aromatic carbocycles. The van der Waals surface area contributed by atoms with Crippen LogP contribution in [0.15, 0.2) is 12.7 Å². The lowest BCUT2D eigenvalue weighted by molar-refractivity contribution is 0.807. The summed E-state index contributed by atoms with van der Waals surface area (Å²) in [5, 5.41) is 6.22. The molecule has 1 fully saturated rings. The fraction of sp³-hybridized carbons (Fsp3) is 0.667. The van der Waals surface area contributed by atoms with Crippen molar-refractivity contribution < 1.29 is 0 Å². The molecule has 0 spiro atoms. The Morgan fingerprint density at radius 1 is 1.44 bits per heavy atom. The van der Waals surface area contributed by atoms with E-state index in [0.717, 1.165) is 19.8 Å². The Labute approximate surface area is 56.3 Å². The highest BCUT2D eigenvalue weighted by Crippen LogP contribution is 1.62. The Morgan fingerprint density at radius 2 is 1.89 bits per heavy atom. The van der Waals surface area contributed by atoms with Crippen LogP contribution in [0.1, 0.15) is 0 Å². The van der Waals surface area contributed by atoms with E-state index in [1.165, 1.54) is 0 Å². The Kier molecular flexibility index (Phi) is 7.30. The lowest BCUT2D eigenvalue weighted by Gasteiger charge is -1.77. The molecule has 54 valence electrons. The van der Waals surface area contributed by atoms with Crippen molar-refractivity contribution in [2.45, 2.75) is 0 Å². The van der Waals surface area contributed by atoms with Crippen LogP contribution in [0, 0.1) is 0 Å². The summed E-state index contributed by atoms with van der Waals surface area (Å²) in [5.74, 6) is 0. The van der Waals surface area contributed by atoms with Crippen LogP contribution in [0.3, 0.4) is 0 Å². The summed E-state index contributed by atoms with van der Waals surface area (Å²) >= 11 is 0. The van der Waals surface area contributed by atoms with Crippen LogP contribution in [-0.2, 0) is 0 Å². The SMILES string of the molecule is C1CNCN1.C=CCN. The summed E-state index contributed by atoms with van der Waals surface area (Å²) in [5.41, 5.74) is 4.91. The van der Waals surface area contributed by atoms with Gasteiger partial charge in [0.1, 0.15) is 0 Å². The van der Waals surface area contributed by atoms with Crippen molar-refractivity contribution in [2.75, 3.05) is 26.3 Å². The molecule has 3 nitrogen and oxygen atoms in total. The quantitative estimate of drug-likeness (QED) is 0.409. The zero-order valence-corrected chi connectivity index (χ0v) is 5.69. The van der Waals surface area contributed by atoms with Gasteiger partial charge in [0.15, 0.2) is 0 Å². The van der Waals surface area contributed by atoms with Gasteiger partial charge in [0, 0.05) is 26.3 Å². The average Bonchev–Trinajstić information content (AvgIpc) is 2.43. The van der Waals surface area contributed by atoms with Crippen LogP contribution >= 0.6 is 0 Å². The first-order valence-corrected chi connectivity index (χ1v) is 3.14. The second-order valence-electron chi connectivity index (χ2n) is 1.70. The minimum atomic E-state index is 0.583. The van der Waals surface area contributed by atoms with Crippen molar-refractivity contribution in [3.63, 3.8) is 0 Å². The van der Waals surface area contributed by atoms with Gasteiger partial charge in [-0.2, -0.15) is 0 Å². The van der Waals surface area contributed by atoms with E-state index >= 15 is 0 Å². The van der Waals surface area contributed by atoms with E-state index in [4.69, 9.17) is 5.73 Å². The predicted octanol–water partition coefficient (Wildman–Crippen LogP) is -0.732. The van der Waals surface area contributed by atoms with E-state index in [1.807, 2.05) is 0 Å². The molecule has 0 saturated carbocycles. The van der Waals surface area contributed by atoms with Gasteiger partial charge < -0.3 is 16.4 Å². The highest BCUT2D eigenvalue weighted by molar-refractivity contribution is 4.64. The van der Waals surface area contributed by atoms with Crippen molar-refractivity contribution in [2.24, 2.45) is 5.73 Å². The topological polar surface area (TPSA) is 50.1 Å². The van der Waals surface area contributed by atoms with E-state index < -0.39 is 0 Å². The zero-order chi connectivity index (χ0) is 6.95. The first kappa shape index (κ1) is 8.62. The van der Waals surface area contributed by atoms with Crippen LogP contribution in [-0.4, -0.2) is 26.3 Å². The fourth-order valence-electron chi connectivity index (χ4n) is 0.442. The molecule has 0 radical (unpaired) electrons. The number of nitrogens with one attached hydrogen (secondary N) is 2. The Bertz CT molecular complexity index is 51.7. The van der Waals surface area contributed by atoms with Gasteiger partial charge in [-0.05, 0) is 0 Å². The molecule has 0 aromatic heterocycles. The van der Waals surface area contributed by atoms with Crippen LogP contribution in [0.4, 0.5) is 0 Å². The highest BCUT2D eigenvalue weighted by Gasteiger charge is 1.90. The highest BCUT2D eigenvalue weighted by atomic mass is 15.1. The lowest BCUT2D eigenvalue weighted by atomic mass is 10.7. The van der Waals surface area contributed by atoms with Gasteiger partial charge in [-0.25, -0.2) is 0 Å². The molecule has 9 heavy (non-hydrogen) atoms. The van der Waals surface area contributed by atoms with Crippen molar-refractivity contribution >= 4 is 0 Å². The first-order chi connectivity index (χ1) is 4.41. The summed E-state index contributed by atoms with van der Waals surface area (Å²) in [6, 6.07) is 0. The Morgan fingerprint density at radius 3 is 2.00 bits per heavy atom. The van der Waals surface area contributed by atoms with Crippen LogP contribution in [0.5, 0.6) is 0 Å². The molecule has 1 saturated heterocycles. The molecule has 0 aliphatic carbocycles. The largest absolute Gasteiger partial charge is 0.327 e. The lowest BCUT2D eigenvalue weighted by Crippen LogP contribution is -2.11. The fourth-order valence-corrected chi connectivity index (χ4v) is 0.442. The van der Waals surface area contributed by atoms with Crippen molar-refractivity contribution in [3.05, 3.63) is 12.7 Å². The predicted molar refractivity (Wildman–Crippen MR) is 40.1 cm³/mol. The second-order valence-corrected chi connectivity index (χ2v) is 1.70. The number of hydrogen-bond donors (Lipinski definition) is 3. The van der Waals surface area contributed by atoms with Crippen molar-refractivity contribution in [1.29, 1.82) is 0 Å². The maximum absolute atomic E-state index is 4.91. The van der Waals surface area contributed by atoms with E-state index in [1.54, 1.807) is 6.08 Å². The molecular weight excluding hydrogens is 114 g/mol. The van der Waals surface area contributed by atoms with Gasteiger partial charge in [0.25, 0.3) is 0 Å². The third-order valence-corrected chi connectivity index (χ3v) is 0.895. The molecule has 0 bridgehead atoms. The maximum Gasteiger partial charge on any atom is 0.0455 e. The zero-order valence-electron chi connectivity index (χ0n) is 5.69. The smallest absolute Gasteiger partial charge is 0.0455 e. The monoisotopic (exact) mass is 129 g/mol. The standard InChI is InChI=1S/C3H8N2.C3H7N/c1-2-5-3-4-1;1-2-3-4/h4-5H,1-3H2;2H,1,3-4H2. The molecule has 0 aromatic rings.